The van der Waals surface area contributed by atoms with Crippen molar-refractivity contribution in [3.63, 3.8) is 0 Å². The third kappa shape index (κ3) is 4.00. The minimum atomic E-state index is 0.0641. The van der Waals surface area contributed by atoms with Gasteiger partial charge in [-0.3, -0.25) is 10.1 Å². The Morgan fingerprint density at radius 2 is 1.95 bits per heavy atom. The van der Waals surface area contributed by atoms with E-state index in [1.165, 1.54) is 32.1 Å². The van der Waals surface area contributed by atoms with E-state index in [4.69, 9.17) is 0 Å². The number of amides is 1. The van der Waals surface area contributed by atoms with Crippen LogP contribution in [0, 0.1) is 11.8 Å². The highest BCUT2D eigenvalue weighted by molar-refractivity contribution is 5.84. The molecule has 1 N–H and O–H groups in total. The van der Waals surface area contributed by atoms with Gasteiger partial charge in [0.2, 0.25) is 5.91 Å². The maximum Gasteiger partial charge on any atom is 0.241 e. The van der Waals surface area contributed by atoms with Gasteiger partial charge < -0.3 is 4.90 Å². The highest BCUT2D eigenvalue weighted by Gasteiger charge is 2.43. The van der Waals surface area contributed by atoms with Crippen LogP contribution in [0.3, 0.4) is 0 Å². The second-order valence-electron chi connectivity index (χ2n) is 7.58. The highest BCUT2D eigenvalue weighted by atomic mass is 16.2. The standard InChI is InChI=1S/C18H34N2O/c1-5-9-15-18(21)20(17(19-15)12-13(2)3)16-11-8-6-7-10-14(16)4/h13-17,19H,5-12H2,1-4H3. The lowest BCUT2D eigenvalue weighted by molar-refractivity contribution is -0.133. The molecule has 2 aliphatic rings. The lowest BCUT2D eigenvalue weighted by Crippen LogP contribution is -2.47. The highest BCUT2D eigenvalue weighted by Crippen LogP contribution is 2.32. The quantitative estimate of drug-likeness (QED) is 0.779. The van der Waals surface area contributed by atoms with Crippen LogP contribution < -0.4 is 5.32 Å². The van der Waals surface area contributed by atoms with E-state index in [2.05, 4.69) is 37.9 Å². The normalized spacial score (nSPS) is 34.5. The predicted octanol–water partition coefficient (Wildman–Crippen LogP) is 3.93. The molecule has 1 amide bonds. The monoisotopic (exact) mass is 294 g/mol. The van der Waals surface area contributed by atoms with Crippen LogP contribution in [0.5, 0.6) is 0 Å². The Morgan fingerprint density at radius 1 is 1.24 bits per heavy atom. The van der Waals surface area contributed by atoms with Gasteiger partial charge in [-0.25, -0.2) is 0 Å². The van der Waals surface area contributed by atoms with Gasteiger partial charge in [0.1, 0.15) is 0 Å². The molecular weight excluding hydrogens is 260 g/mol. The van der Waals surface area contributed by atoms with Gasteiger partial charge in [-0.1, -0.05) is 53.4 Å². The first kappa shape index (κ1) is 16.8. The van der Waals surface area contributed by atoms with Crippen LogP contribution in [-0.2, 0) is 4.79 Å². The van der Waals surface area contributed by atoms with Crippen molar-refractivity contribution in [1.29, 1.82) is 0 Å². The molecule has 4 unspecified atom stereocenters. The fourth-order valence-corrected chi connectivity index (χ4v) is 4.12. The summed E-state index contributed by atoms with van der Waals surface area (Å²) in [6.45, 7) is 9.04. The van der Waals surface area contributed by atoms with Crippen molar-refractivity contribution in [2.24, 2.45) is 11.8 Å². The Morgan fingerprint density at radius 3 is 2.62 bits per heavy atom. The molecule has 4 atom stereocenters. The van der Waals surface area contributed by atoms with E-state index < -0.39 is 0 Å². The molecule has 0 aromatic carbocycles. The first-order chi connectivity index (χ1) is 10.0. The summed E-state index contributed by atoms with van der Waals surface area (Å²) in [5.41, 5.74) is 0. The number of hydrogen-bond donors (Lipinski definition) is 1. The Bertz CT molecular complexity index is 342. The third-order valence-corrected chi connectivity index (χ3v) is 5.23. The summed E-state index contributed by atoms with van der Waals surface area (Å²) in [5, 5.41) is 3.64. The fourth-order valence-electron chi connectivity index (χ4n) is 4.12. The number of rotatable bonds is 5. The van der Waals surface area contributed by atoms with Crippen molar-refractivity contribution >= 4 is 5.91 Å². The average Bonchev–Trinajstić information content (AvgIpc) is 2.60. The minimum Gasteiger partial charge on any atom is -0.323 e. The first-order valence-electron chi connectivity index (χ1n) is 9.12. The fraction of sp³-hybridized carbons (Fsp3) is 0.944. The van der Waals surface area contributed by atoms with Gasteiger partial charge in [0, 0.05) is 6.04 Å². The van der Waals surface area contributed by atoms with Gasteiger partial charge in [0.25, 0.3) is 0 Å². The summed E-state index contributed by atoms with van der Waals surface area (Å²) in [5.74, 6) is 1.65. The first-order valence-corrected chi connectivity index (χ1v) is 9.12. The van der Waals surface area contributed by atoms with Crippen LogP contribution in [0.25, 0.3) is 0 Å². The maximum absolute atomic E-state index is 12.9. The lowest BCUT2D eigenvalue weighted by atomic mass is 9.94. The van der Waals surface area contributed by atoms with E-state index in [0.717, 1.165) is 19.3 Å². The molecule has 1 heterocycles. The molecule has 0 aromatic heterocycles. The summed E-state index contributed by atoms with van der Waals surface area (Å²) in [6.07, 6.45) is 9.82. The van der Waals surface area contributed by atoms with Gasteiger partial charge in [-0.05, 0) is 37.5 Å². The van der Waals surface area contributed by atoms with Gasteiger partial charge >= 0.3 is 0 Å². The van der Waals surface area contributed by atoms with Crippen molar-refractivity contribution in [3.05, 3.63) is 0 Å². The third-order valence-electron chi connectivity index (χ3n) is 5.23. The maximum atomic E-state index is 12.9. The van der Waals surface area contributed by atoms with E-state index >= 15 is 0 Å². The Labute approximate surface area is 130 Å². The summed E-state index contributed by atoms with van der Waals surface area (Å²) in [7, 11) is 0. The van der Waals surface area contributed by atoms with E-state index in [9.17, 15) is 4.79 Å². The Balaban J connectivity index is 2.16. The predicted molar refractivity (Wildman–Crippen MR) is 88.0 cm³/mol. The smallest absolute Gasteiger partial charge is 0.241 e. The van der Waals surface area contributed by atoms with E-state index in [-0.39, 0.29) is 12.2 Å². The topological polar surface area (TPSA) is 32.3 Å². The second kappa shape index (κ2) is 7.62. The summed E-state index contributed by atoms with van der Waals surface area (Å²) in [6, 6.07) is 0.521. The van der Waals surface area contributed by atoms with Crippen molar-refractivity contribution in [3.8, 4) is 0 Å². The molecule has 0 radical (unpaired) electrons. The summed E-state index contributed by atoms with van der Waals surface area (Å²) < 4.78 is 0. The number of carbonyl (C=O) groups is 1. The van der Waals surface area contributed by atoms with E-state index in [0.29, 0.717) is 23.8 Å². The molecule has 21 heavy (non-hydrogen) atoms. The van der Waals surface area contributed by atoms with Crippen molar-refractivity contribution < 1.29 is 4.79 Å². The zero-order chi connectivity index (χ0) is 15.4. The van der Waals surface area contributed by atoms with Crippen LogP contribution >= 0.6 is 0 Å². The molecular formula is C18H34N2O. The molecule has 3 nitrogen and oxygen atoms in total. The van der Waals surface area contributed by atoms with Crippen molar-refractivity contribution in [2.75, 3.05) is 0 Å². The summed E-state index contributed by atoms with van der Waals surface area (Å²) in [4.78, 5) is 15.2. The molecule has 2 fully saturated rings. The molecule has 0 spiro atoms. The number of hydrogen-bond acceptors (Lipinski definition) is 2. The van der Waals surface area contributed by atoms with E-state index in [1.807, 2.05) is 0 Å². The lowest BCUT2D eigenvalue weighted by Gasteiger charge is -2.36. The molecule has 1 aliphatic heterocycles. The zero-order valence-corrected chi connectivity index (χ0v) is 14.4. The van der Waals surface area contributed by atoms with Gasteiger partial charge in [0.05, 0.1) is 12.2 Å². The number of nitrogens with zero attached hydrogens (tertiary/aromatic N) is 1. The zero-order valence-electron chi connectivity index (χ0n) is 14.4. The van der Waals surface area contributed by atoms with Crippen LogP contribution in [0.1, 0.15) is 79.1 Å². The van der Waals surface area contributed by atoms with Gasteiger partial charge in [-0.2, -0.15) is 0 Å². The molecule has 1 saturated carbocycles. The molecule has 0 aromatic rings. The summed E-state index contributed by atoms with van der Waals surface area (Å²) >= 11 is 0. The minimum absolute atomic E-state index is 0.0641. The average molecular weight is 294 g/mol. The Hall–Kier alpha value is -0.570. The largest absolute Gasteiger partial charge is 0.323 e. The van der Waals surface area contributed by atoms with Crippen molar-refractivity contribution in [1.82, 2.24) is 10.2 Å². The molecule has 2 rings (SSSR count). The molecule has 122 valence electrons. The number of nitrogens with one attached hydrogen (secondary N) is 1. The van der Waals surface area contributed by atoms with Gasteiger partial charge in [-0.15, -0.1) is 0 Å². The number of carbonyl (C=O) groups excluding carboxylic acids is 1. The van der Waals surface area contributed by atoms with Crippen LogP contribution in [0.4, 0.5) is 0 Å². The van der Waals surface area contributed by atoms with Crippen LogP contribution in [-0.4, -0.2) is 29.1 Å². The second-order valence-corrected chi connectivity index (χ2v) is 7.58. The van der Waals surface area contributed by atoms with E-state index in [1.54, 1.807) is 0 Å². The molecule has 1 saturated heterocycles. The Kier molecular flexibility index (Phi) is 6.09. The molecule has 3 heteroatoms. The molecule has 1 aliphatic carbocycles. The van der Waals surface area contributed by atoms with Crippen LogP contribution in [0.2, 0.25) is 0 Å². The van der Waals surface area contributed by atoms with Crippen LogP contribution in [0.15, 0.2) is 0 Å². The SMILES string of the molecule is CCCC1NC(CC(C)C)N(C2CCCCCC2C)C1=O. The van der Waals surface area contributed by atoms with Crippen molar-refractivity contribution in [2.45, 2.75) is 97.3 Å². The van der Waals surface area contributed by atoms with Gasteiger partial charge in [0.15, 0.2) is 0 Å². The molecule has 0 bridgehead atoms.